The van der Waals surface area contributed by atoms with Gasteiger partial charge < -0.3 is 40.7 Å². The first-order valence-electron chi connectivity index (χ1n) is 20.7. The predicted molar refractivity (Wildman–Crippen MR) is 232 cm³/mol. The van der Waals surface area contributed by atoms with E-state index in [9.17, 15) is 19.8 Å². The number of piperidine rings is 1. The smallest absolute Gasteiger partial charge is 0.254 e. The van der Waals surface area contributed by atoms with E-state index >= 15 is 0 Å². The molecule has 7 rings (SSSR count). The number of benzene rings is 2. The molecule has 2 aliphatic heterocycles. The van der Waals surface area contributed by atoms with Gasteiger partial charge in [0.25, 0.3) is 5.88 Å². The number of amides is 2. The third-order valence-electron chi connectivity index (χ3n) is 11.6. The Bertz CT molecular complexity index is 2310. The molecule has 5 aromatic rings. The van der Waals surface area contributed by atoms with Gasteiger partial charge in [0.1, 0.15) is 30.2 Å². The molecule has 2 amide bonds. The number of para-hydroxylation sites is 1. The third kappa shape index (κ3) is 10.2. The van der Waals surface area contributed by atoms with Gasteiger partial charge in [-0.15, -0.1) is 21.5 Å². The van der Waals surface area contributed by atoms with Crippen LogP contribution in [0.15, 0.2) is 70.7 Å². The molecule has 0 aliphatic carbocycles. The summed E-state index contributed by atoms with van der Waals surface area (Å²) in [7, 11) is 0. The van der Waals surface area contributed by atoms with E-state index in [-0.39, 0.29) is 59.9 Å². The van der Waals surface area contributed by atoms with Crippen molar-refractivity contribution in [3.8, 4) is 33.3 Å². The van der Waals surface area contributed by atoms with Crippen molar-refractivity contribution in [3.63, 3.8) is 0 Å². The number of rotatable bonds is 16. The molecule has 0 bridgehead atoms. The number of hydrogen-bond donors (Lipinski definition) is 6. The number of phenols is 1. The van der Waals surface area contributed by atoms with E-state index in [2.05, 4.69) is 35.9 Å². The summed E-state index contributed by atoms with van der Waals surface area (Å²) in [5.74, 6) is -0.638. The highest BCUT2D eigenvalue weighted by molar-refractivity contribution is 7.13. The average Bonchev–Trinajstić information content (AvgIpc) is 4.00. The number of anilines is 1. The highest BCUT2D eigenvalue weighted by Crippen LogP contribution is 2.34. The van der Waals surface area contributed by atoms with E-state index in [1.807, 2.05) is 63.5 Å². The van der Waals surface area contributed by atoms with Gasteiger partial charge in [0.15, 0.2) is 11.5 Å². The van der Waals surface area contributed by atoms with Crippen LogP contribution in [0.25, 0.3) is 21.7 Å². The van der Waals surface area contributed by atoms with Crippen LogP contribution >= 0.6 is 11.3 Å². The van der Waals surface area contributed by atoms with Gasteiger partial charge in [-0.25, -0.2) is 4.98 Å². The molecular formula is C44H54N10O6S. The van der Waals surface area contributed by atoms with E-state index in [1.54, 1.807) is 41.7 Å². The lowest BCUT2D eigenvalue weighted by Crippen LogP contribution is -2.48. The quantitative estimate of drug-likeness (QED) is 0.0545. The zero-order valence-corrected chi connectivity index (χ0v) is 35.7. The second-order valence-corrected chi connectivity index (χ2v) is 17.1. The lowest BCUT2D eigenvalue weighted by Gasteiger charge is -2.32. The lowest BCUT2D eigenvalue weighted by atomic mass is 9.91. The average molecular weight is 851 g/mol. The van der Waals surface area contributed by atoms with Gasteiger partial charge in [0, 0.05) is 37.7 Å². The number of carbonyl (C=O) groups excluding carboxylic acids is 2. The maximum Gasteiger partial charge on any atom is 0.254 e. The van der Waals surface area contributed by atoms with Crippen LogP contribution < -0.4 is 21.1 Å². The van der Waals surface area contributed by atoms with Crippen molar-refractivity contribution in [1.82, 2.24) is 35.5 Å². The van der Waals surface area contributed by atoms with Crippen molar-refractivity contribution in [1.29, 1.82) is 5.41 Å². The molecule has 61 heavy (non-hydrogen) atoms. The number of nitrogen functional groups attached to an aromatic ring is 1. The maximum absolute atomic E-state index is 14.2. The van der Waals surface area contributed by atoms with Gasteiger partial charge in [-0.2, -0.15) is 0 Å². The molecule has 0 spiro atoms. The fourth-order valence-electron chi connectivity index (χ4n) is 8.10. The topological polar surface area (TPSA) is 229 Å². The Kier molecular flexibility index (Phi) is 13.6. The highest BCUT2D eigenvalue weighted by atomic mass is 32.1. The number of aliphatic hydroxyl groups excluding tert-OH is 1. The first-order chi connectivity index (χ1) is 29.4. The first-order valence-corrected chi connectivity index (χ1v) is 21.6. The molecular weight excluding hydrogens is 797 g/mol. The molecule has 4 atom stereocenters. The predicted octanol–water partition coefficient (Wildman–Crippen LogP) is 5.33. The van der Waals surface area contributed by atoms with Crippen molar-refractivity contribution >= 4 is 34.7 Å². The van der Waals surface area contributed by atoms with Gasteiger partial charge in [0.05, 0.1) is 39.6 Å². The summed E-state index contributed by atoms with van der Waals surface area (Å²) in [6.45, 7) is 11.2. The van der Waals surface area contributed by atoms with Gasteiger partial charge >= 0.3 is 0 Å². The van der Waals surface area contributed by atoms with Crippen LogP contribution in [0.1, 0.15) is 74.7 Å². The minimum absolute atomic E-state index is 0.0443. The van der Waals surface area contributed by atoms with Crippen LogP contribution in [0.2, 0.25) is 0 Å². The van der Waals surface area contributed by atoms with Crippen LogP contribution in [0, 0.1) is 24.2 Å². The number of carbonyl (C=O) groups is 2. The van der Waals surface area contributed by atoms with E-state index in [4.69, 9.17) is 20.4 Å². The normalized spacial score (nSPS) is 18.2. The number of nitrogens with zero attached hydrogens (tertiary/aromatic N) is 6. The molecule has 0 saturated carbocycles. The minimum atomic E-state index is -0.836. The molecule has 2 saturated heterocycles. The summed E-state index contributed by atoms with van der Waals surface area (Å²) >= 11 is 1.59. The number of aliphatic hydroxyl groups is 1. The van der Waals surface area contributed by atoms with Crippen molar-refractivity contribution in [2.75, 3.05) is 44.6 Å². The van der Waals surface area contributed by atoms with Crippen molar-refractivity contribution in [2.24, 2.45) is 17.6 Å². The van der Waals surface area contributed by atoms with Crippen LogP contribution in [0.4, 0.5) is 5.69 Å². The van der Waals surface area contributed by atoms with Gasteiger partial charge in [-0.3, -0.25) is 19.9 Å². The van der Waals surface area contributed by atoms with Crippen LogP contribution in [-0.2, 0) is 9.59 Å². The SMILES string of the molecule is Cc1ncsc1-c1ccc([C@H](C)NC(=O)[C@@H]2C[C@@H](O)CN2C(=O)C(c2cc(OCCN3CCC(CNc4cc(-c5ccccc5O)nnc4C(=N)N)CC3)no2)C(C)C)cc1. The molecule has 7 N–H and O–H groups in total. The number of hydrogen-bond acceptors (Lipinski definition) is 14. The summed E-state index contributed by atoms with van der Waals surface area (Å²) in [4.78, 5) is 37.1. The molecule has 16 nitrogen and oxygen atoms in total. The highest BCUT2D eigenvalue weighted by Gasteiger charge is 2.43. The molecule has 322 valence electrons. The first kappa shape index (κ1) is 43.2. The summed E-state index contributed by atoms with van der Waals surface area (Å²) in [5, 5.41) is 47.9. The largest absolute Gasteiger partial charge is 0.507 e. The Morgan fingerprint density at radius 2 is 1.84 bits per heavy atom. The summed E-state index contributed by atoms with van der Waals surface area (Å²) in [6, 6.07) is 17.2. The number of aryl methyl sites for hydroxylation is 1. The number of amidine groups is 1. The number of aromatic nitrogens is 4. The van der Waals surface area contributed by atoms with Gasteiger partial charge in [-0.1, -0.05) is 50.2 Å². The lowest BCUT2D eigenvalue weighted by molar-refractivity contribution is -0.141. The van der Waals surface area contributed by atoms with E-state index in [0.29, 0.717) is 48.3 Å². The van der Waals surface area contributed by atoms with Crippen LogP contribution in [0.5, 0.6) is 11.6 Å². The fraction of sp³-hybridized carbons (Fsp3) is 0.432. The molecule has 0 radical (unpaired) electrons. The Balaban J connectivity index is 0.887. The van der Waals surface area contributed by atoms with E-state index in [1.165, 1.54) is 4.90 Å². The Labute approximate surface area is 359 Å². The molecule has 3 aromatic heterocycles. The molecule has 5 heterocycles. The number of nitrogens with two attached hydrogens (primary N) is 1. The minimum Gasteiger partial charge on any atom is -0.507 e. The van der Waals surface area contributed by atoms with Crippen LogP contribution in [-0.4, -0.2) is 109 Å². The monoisotopic (exact) mass is 850 g/mol. The molecule has 2 fully saturated rings. The number of phenolic OH excluding ortho intramolecular Hbond substituents is 1. The van der Waals surface area contributed by atoms with Crippen molar-refractivity contribution in [3.05, 3.63) is 88.9 Å². The van der Waals surface area contributed by atoms with E-state index < -0.39 is 18.1 Å². The number of β-amino-alcohol motifs (C(OH)–C–C–N with tert-alkyl or cyclic N) is 1. The number of likely N-dealkylation sites (tertiary alicyclic amines) is 2. The summed E-state index contributed by atoms with van der Waals surface area (Å²) in [5.41, 5.74) is 12.5. The number of nitrogens with one attached hydrogen (secondary N) is 3. The molecule has 2 aromatic carbocycles. The number of ether oxygens (including phenoxy) is 1. The zero-order valence-electron chi connectivity index (χ0n) is 34.9. The second-order valence-electron chi connectivity index (χ2n) is 16.2. The fourth-order valence-corrected chi connectivity index (χ4v) is 8.91. The van der Waals surface area contributed by atoms with E-state index in [0.717, 1.165) is 47.6 Å². The van der Waals surface area contributed by atoms with Gasteiger partial charge in [-0.05, 0) is 86.1 Å². The molecule has 1 unspecified atom stereocenters. The maximum atomic E-state index is 14.2. The van der Waals surface area contributed by atoms with Crippen molar-refractivity contribution < 1.29 is 29.1 Å². The van der Waals surface area contributed by atoms with Crippen LogP contribution in [0.3, 0.4) is 0 Å². The zero-order chi connectivity index (χ0) is 43.2. The Hall–Kier alpha value is -5.91. The standard InChI is InChI=1S/C44H54N10O6S/c1-25(2)39(44(58)54-23-31(55)19-35(54)43(57)49-26(3)29-9-11-30(12-10-29)41-27(4)48-24-61-41)37-21-38(52-60-37)59-18-17-53-15-13-28(14-16-53)22-47-34-20-33(50-51-40(34)42(45)46)32-7-5-6-8-36(32)56/h5-12,20-21,24-26,28,31,35,39,55-56H,13-19,22-23H2,1-4H3,(H3,45,46)(H,47,50)(H,49,57)/t26-,31+,35-,39?/m0/s1. The van der Waals surface area contributed by atoms with Gasteiger partial charge in [0.2, 0.25) is 11.8 Å². The number of aromatic hydroxyl groups is 1. The molecule has 17 heteroatoms. The summed E-state index contributed by atoms with van der Waals surface area (Å²) in [6.07, 6.45) is 1.21. The Morgan fingerprint density at radius 3 is 2.52 bits per heavy atom. The molecule has 2 aliphatic rings. The third-order valence-corrected chi connectivity index (χ3v) is 12.5. The summed E-state index contributed by atoms with van der Waals surface area (Å²) < 4.78 is 11.7. The Morgan fingerprint density at radius 1 is 1.08 bits per heavy atom. The number of thiazole rings is 1. The second kappa shape index (κ2) is 19.2. The van der Waals surface area contributed by atoms with Crippen molar-refractivity contribution in [2.45, 2.75) is 71.1 Å².